The topological polar surface area (TPSA) is 40.5 Å². The van der Waals surface area contributed by atoms with Gasteiger partial charge in [-0.1, -0.05) is 59.7 Å². The number of hydrogen-bond acceptors (Lipinski definition) is 2. The molecule has 0 heterocycles. The van der Waals surface area contributed by atoms with E-state index in [9.17, 15) is 10.2 Å². The Morgan fingerprint density at radius 1 is 1.05 bits per heavy atom. The van der Waals surface area contributed by atoms with Crippen LogP contribution in [0.2, 0.25) is 0 Å². The first-order valence-corrected chi connectivity index (χ1v) is 8.13. The maximum absolute atomic E-state index is 10.6. The first kappa shape index (κ1) is 16.0. The largest absolute Gasteiger partial charge is 0.507 e. The zero-order chi connectivity index (χ0) is 15.6. The van der Waals surface area contributed by atoms with Crippen molar-refractivity contribution in [1.29, 1.82) is 0 Å². The second kappa shape index (κ2) is 6.17. The van der Waals surface area contributed by atoms with Crippen LogP contribution in [0.3, 0.4) is 0 Å². The number of aliphatic hydroxyl groups excluding tert-OH is 1. The van der Waals surface area contributed by atoms with Crippen molar-refractivity contribution in [3.05, 3.63) is 53.1 Å². The van der Waals surface area contributed by atoms with Gasteiger partial charge in [-0.3, -0.25) is 0 Å². The van der Waals surface area contributed by atoms with Crippen molar-refractivity contribution < 1.29 is 10.2 Å². The minimum atomic E-state index is -0.0914. The summed E-state index contributed by atoms with van der Waals surface area (Å²) in [6, 6.07) is 11.9. The summed E-state index contributed by atoms with van der Waals surface area (Å²) in [5.74, 6) is 0.388. The van der Waals surface area contributed by atoms with Crippen LogP contribution in [0.1, 0.15) is 37.5 Å². The number of benzene rings is 2. The predicted octanol–water partition coefficient (Wildman–Crippen LogP) is 3.12. The molecule has 3 heteroatoms. The Kier molecular flexibility index (Phi) is 4.70. The van der Waals surface area contributed by atoms with Crippen LogP contribution in [0.4, 0.5) is 0 Å². The molecule has 2 rings (SSSR count). The fourth-order valence-corrected chi connectivity index (χ4v) is 3.72. The van der Waals surface area contributed by atoms with Crippen LogP contribution in [0.5, 0.6) is 5.75 Å². The second-order valence-corrected chi connectivity index (χ2v) is 7.73. The van der Waals surface area contributed by atoms with Crippen LogP contribution in [0.15, 0.2) is 36.4 Å². The smallest absolute Gasteiger partial charge is 0.127 e. The van der Waals surface area contributed by atoms with E-state index in [0.29, 0.717) is 14.3 Å². The molecule has 0 amide bonds. The lowest BCUT2D eigenvalue weighted by Gasteiger charge is -2.23. The lowest BCUT2D eigenvalue weighted by molar-refractivity contribution is 0.283. The molecule has 2 nitrogen and oxygen atoms in total. The molecule has 0 fully saturated rings. The van der Waals surface area contributed by atoms with Gasteiger partial charge in [-0.2, -0.15) is 0 Å². The Bertz CT molecular complexity index is 642. The van der Waals surface area contributed by atoms with Crippen molar-refractivity contribution in [2.24, 2.45) is 0 Å². The minimum Gasteiger partial charge on any atom is -0.507 e. The van der Waals surface area contributed by atoms with Crippen molar-refractivity contribution in [2.45, 2.75) is 39.7 Å². The summed E-state index contributed by atoms with van der Waals surface area (Å²) in [6.07, 6.45) is 0. The molecule has 1 unspecified atom stereocenters. The molecule has 1 atom stereocenters. The average molecular weight is 302 g/mol. The molecule has 21 heavy (non-hydrogen) atoms. The highest BCUT2D eigenvalue weighted by atomic mass is 31.1. The summed E-state index contributed by atoms with van der Waals surface area (Å²) in [6.45, 7) is 8.41. The molecule has 0 spiro atoms. The maximum Gasteiger partial charge on any atom is 0.127 e. The average Bonchev–Trinajstić information content (AvgIpc) is 2.42. The van der Waals surface area contributed by atoms with Crippen LogP contribution in [0.25, 0.3) is 0 Å². The zero-order valence-corrected chi connectivity index (χ0v) is 14.1. The number of aliphatic hydroxyl groups is 1. The van der Waals surface area contributed by atoms with E-state index < -0.39 is 0 Å². The normalized spacial score (nSPS) is 12.2. The van der Waals surface area contributed by atoms with Crippen molar-refractivity contribution in [1.82, 2.24) is 0 Å². The van der Waals surface area contributed by atoms with E-state index in [1.807, 2.05) is 30.3 Å². The SMILES string of the molecule is Cc1cc(Pc2ccccc2CO)c(O)c(C(C)(C)C)c1. The van der Waals surface area contributed by atoms with E-state index in [1.54, 1.807) is 0 Å². The molecule has 2 aromatic carbocycles. The molecule has 2 aromatic rings. The van der Waals surface area contributed by atoms with Gasteiger partial charge in [0.1, 0.15) is 5.75 Å². The van der Waals surface area contributed by atoms with Crippen LogP contribution in [-0.4, -0.2) is 10.2 Å². The lowest BCUT2D eigenvalue weighted by Crippen LogP contribution is -2.17. The van der Waals surface area contributed by atoms with Gasteiger partial charge in [-0.25, -0.2) is 0 Å². The third-order valence-electron chi connectivity index (χ3n) is 3.52. The minimum absolute atomic E-state index is 0.0296. The number of rotatable bonds is 3. The van der Waals surface area contributed by atoms with Gasteiger partial charge in [0.05, 0.1) is 6.61 Å². The van der Waals surface area contributed by atoms with Crippen LogP contribution in [0, 0.1) is 6.92 Å². The molecule has 0 radical (unpaired) electrons. The van der Waals surface area contributed by atoms with E-state index in [-0.39, 0.29) is 12.0 Å². The molecule has 0 aliphatic carbocycles. The quantitative estimate of drug-likeness (QED) is 0.855. The van der Waals surface area contributed by atoms with Gasteiger partial charge in [0.15, 0.2) is 0 Å². The zero-order valence-electron chi connectivity index (χ0n) is 13.1. The summed E-state index contributed by atoms with van der Waals surface area (Å²) in [7, 11) is 0.343. The lowest BCUT2D eigenvalue weighted by atomic mass is 9.85. The van der Waals surface area contributed by atoms with Gasteiger partial charge in [0, 0.05) is 10.9 Å². The van der Waals surface area contributed by atoms with E-state index in [2.05, 4.69) is 33.8 Å². The fraction of sp³-hybridized carbons (Fsp3) is 0.333. The van der Waals surface area contributed by atoms with Gasteiger partial charge in [-0.05, 0) is 34.8 Å². The molecular weight excluding hydrogens is 279 g/mol. The Balaban J connectivity index is 2.48. The number of phenolic OH excluding ortho intramolecular Hbond substituents is 1. The van der Waals surface area contributed by atoms with Crippen molar-refractivity contribution in [3.63, 3.8) is 0 Å². The molecule has 0 aromatic heterocycles. The van der Waals surface area contributed by atoms with Crippen molar-refractivity contribution >= 4 is 19.2 Å². The third-order valence-corrected chi connectivity index (χ3v) is 4.93. The number of aromatic hydroxyl groups is 1. The summed E-state index contributed by atoms with van der Waals surface area (Å²) in [5.41, 5.74) is 2.97. The molecule has 0 aliphatic rings. The summed E-state index contributed by atoms with van der Waals surface area (Å²) in [5, 5.41) is 22.1. The molecule has 2 N–H and O–H groups in total. The first-order valence-electron chi connectivity index (χ1n) is 7.13. The third kappa shape index (κ3) is 3.64. The van der Waals surface area contributed by atoms with Gasteiger partial charge in [0.2, 0.25) is 0 Å². The Morgan fingerprint density at radius 3 is 2.33 bits per heavy atom. The van der Waals surface area contributed by atoms with Crippen molar-refractivity contribution in [2.75, 3.05) is 0 Å². The first-order chi connectivity index (χ1) is 9.82. The molecule has 0 aliphatic heterocycles. The monoisotopic (exact) mass is 302 g/mol. The van der Waals surface area contributed by atoms with Crippen molar-refractivity contribution in [3.8, 4) is 5.75 Å². The van der Waals surface area contributed by atoms with Crippen LogP contribution < -0.4 is 10.6 Å². The fourth-order valence-electron chi connectivity index (χ4n) is 2.37. The molecule has 0 bridgehead atoms. The van der Waals surface area contributed by atoms with Gasteiger partial charge in [0.25, 0.3) is 0 Å². The molecule has 0 saturated carbocycles. The molecule has 112 valence electrons. The Labute approximate surface area is 128 Å². The van der Waals surface area contributed by atoms with E-state index in [0.717, 1.165) is 27.3 Å². The standard InChI is InChI=1S/C18H23O2P/c1-12-9-14(18(2,3)4)17(20)16(10-12)21-15-8-6-5-7-13(15)11-19/h5-10,19-21H,11H2,1-4H3. The number of hydrogen-bond donors (Lipinski definition) is 2. The highest BCUT2D eigenvalue weighted by Crippen LogP contribution is 2.33. The van der Waals surface area contributed by atoms with E-state index in [1.165, 1.54) is 0 Å². The van der Waals surface area contributed by atoms with E-state index in [4.69, 9.17) is 0 Å². The Hall–Kier alpha value is -1.37. The highest BCUT2D eigenvalue weighted by Gasteiger charge is 2.21. The number of aryl methyl sites for hydroxylation is 1. The van der Waals surface area contributed by atoms with E-state index >= 15 is 0 Å². The summed E-state index contributed by atoms with van der Waals surface area (Å²) < 4.78 is 0. The number of phenols is 1. The highest BCUT2D eigenvalue weighted by molar-refractivity contribution is 7.55. The maximum atomic E-state index is 10.6. The molecular formula is C18H23O2P. The molecule has 0 saturated heterocycles. The summed E-state index contributed by atoms with van der Waals surface area (Å²) >= 11 is 0. The van der Waals surface area contributed by atoms with Gasteiger partial charge in [-0.15, -0.1) is 0 Å². The Morgan fingerprint density at radius 2 is 1.71 bits per heavy atom. The van der Waals surface area contributed by atoms with Crippen LogP contribution in [-0.2, 0) is 12.0 Å². The van der Waals surface area contributed by atoms with Gasteiger partial charge < -0.3 is 10.2 Å². The van der Waals surface area contributed by atoms with Gasteiger partial charge >= 0.3 is 0 Å². The summed E-state index contributed by atoms with van der Waals surface area (Å²) in [4.78, 5) is 0. The predicted molar refractivity (Wildman–Crippen MR) is 91.5 cm³/mol. The second-order valence-electron chi connectivity index (χ2n) is 6.40. The van der Waals surface area contributed by atoms with Crippen LogP contribution >= 0.6 is 8.58 Å².